The van der Waals surface area contributed by atoms with E-state index >= 15 is 0 Å². The quantitative estimate of drug-likeness (QED) is 0.264. The van der Waals surface area contributed by atoms with Gasteiger partial charge in [0.15, 0.2) is 0 Å². The van der Waals surface area contributed by atoms with Crippen LogP contribution in [0.5, 0.6) is 5.75 Å². The Hall–Kier alpha value is -3.40. The molecule has 1 N–H and O–H groups in total. The molecule has 0 amide bonds. The van der Waals surface area contributed by atoms with Crippen molar-refractivity contribution in [1.29, 1.82) is 0 Å². The lowest BCUT2D eigenvalue weighted by molar-refractivity contribution is -0.128. The zero-order valence-corrected chi connectivity index (χ0v) is 12.6. The Balaban J connectivity index is 2.11. The summed E-state index contributed by atoms with van der Waals surface area (Å²) in [5.74, 6) is -1.01. The minimum atomic E-state index is -0.957. The number of ether oxygens (including phenoxy) is 1. The predicted octanol–water partition coefficient (Wildman–Crippen LogP) is 4.37. The molecule has 4 nitrogen and oxygen atoms in total. The van der Waals surface area contributed by atoms with E-state index in [1.54, 1.807) is 18.2 Å². The predicted molar refractivity (Wildman–Crippen MR) is 92.9 cm³/mol. The molecule has 4 heteroatoms. The van der Waals surface area contributed by atoms with E-state index in [2.05, 4.69) is 6.58 Å². The molecule has 0 spiro atoms. The lowest BCUT2D eigenvalue weighted by atomic mass is 9.92. The molecule has 0 aliphatic heterocycles. The molecule has 0 saturated heterocycles. The van der Waals surface area contributed by atoms with E-state index in [9.17, 15) is 14.7 Å². The van der Waals surface area contributed by atoms with Gasteiger partial charge in [0.1, 0.15) is 5.75 Å². The van der Waals surface area contributed by atoms with Gasteiger partial charge in [0.25, 0.3) is 0 Å². The van der Waals surface area contributed by atoms with Crippen LogP contribution in [0.15, 0.2) is 61.2 Å². The fourth-order valence-corrected chi connectivity index (χ4v) is 3.16. The standard InChI is InChI=1S/C20H12O4/c1-2-17(21)24-16-8-6-11-3-4-12-9-14(20(22)23)10-13-5-7-15(16)19(11)18(12)13/h2-10H,1H2,(H,22,23). The highest BCUT2D eigenvalue weighted by Crippen LogP contribution is 2.39. The monoisotopic (exact) mass is 316 g/mol. The Morgan fingerprint density at radius 1 is 0.917 bits per heavy atom. The molecule has 0 unspecified atom stereocenters. The van der Waals surface area contributed by atoms with Crippen LogP contribution < -0.4 is 4.74 Å². The minimum Gasteiger partial charge on any atom is -0.478 e. The van der Waals surface area contributed by atoms with Gasteiger partial charge < -0.3 is 9.84 Å². The van der Waals surface area contributed by atoms with Crippen LogP contribution >= 0.6 is 0 Å². The SMILES string of the molecule is C=CC(=O)Oc1ccc2ccc3cc(C(=O)O)cc4ccc1c2c34. The van der Waals surface area contributed by atoms with Crippen molar-refractivity contribution in [3.8, 4) is 5.75 Å². The minimum absolute atomic E-state index is 0.249. The molecule has 4 aromatic rings. The topological polar surface area (TPSA) is 63.6 Å². The third-order valence-corrected chi connectivity index (χ3v) is 4.18. The molecule has 0 heterocycles. The lowest BCUT2D eigenvalue weighted by Crippen LogP contribution is -2.03. The molecule has 4 aromatic carbocycles. The van der Waals surface area contributed by atoms with Crippen molar-refractivity contribution in [3.63, 3.8) is 0 Å². The summed E-state index contributed by atoms with van der Waals surface area (Å²) in [6, 6.07) is 14.5. The van der Waals surface area contributed by atoms with Gasteiger partial charge in [-0.25, -0.2) is 9.59 Å². The lowest BCUT2D eigenvalue weighted by Gasteiger charge is -2.14. The summed E-state index contributed by atoms with van der Waals surface area (Å²) >= 11 is 0. The van der Waals surface area contributed by atoms with E-state index in [1.165, 1.54) is 0 Å². The molecular weight excluding hydrogens is 304 g/mol. The maximum atomic E-state index is 11.6. The number of aromatic carboxylic acids is 1. The first kappa shape index (κ1) is 14.2. The number of esters is 1. The second kappa shape index (κ2) is 5.06. The highest BCUT2D eigenvalue weighted by atomic mass is 16.5. The van der Waals surface area contributed by atoms with Crippen LogP contribution in [-0.2, 0) is 4.79 Å². The number of carbonyl (C=O) groups excluding carboxylic acids is 1. The van der Waals surface area contributed by atoms with Gasteiger partial charge in [-0.15, -0.1) is 0 Å². The second-order valence-electron chi connectivity index (χ2n) is 5.57. The average molecular weight is 316 g/mol. The van der Waals surface area contributed by atoms with Gasteiger partial charge in [-0.3, -0.25) is 0 Å². The Kier molecular flexibility index (Phi) is 3.00. The number of carboxylic acid groups (broad SMARTS) is 1. The zero-order valence-electron chi connectivity index (χ0n) is 12.6. The number of hydrogen-bond acceptors (Lipinski definition) is 3. The maximum Gasteiger partial charge on any atom is 0.335 e. The van der Waals surface area contributed by atoms with Crippen LogP contribution in [0.1, 0.15) is 10.4 Å². The van der Waals surface area contributed by atoms with Gasteiger partial charge in [0.2, 0.25) is 0 Å². The summed E-state index contributed by atoms with van der Waals surface area (Å²) in [6.45, 7) is 3.41. The number of hydrogen-bond donors (Lipinski definition) is 1. The van der Waals surface area contributed by atoms with Crippen LogP contribution in [0.3, 0.4) is 0 Å². The smallest absolute Gasteiger partial charge is 0.335 e. The van der Waals surface area contributed by atoms with E-state index in [0.717, 1.165) is 38.4 Å². The zero-order chi connectivity index (χ0) is 16.8. The Morgan fingerprint density at radius 3 is 2.21 bits per heavy atom. The largest absolute Gasteiger partial charge is 0.478 e. The molecular formula is C20H12O4. The third-order valence-electron chi connectivity index (χ3n) is 4.18. The molecule has 0 aromatic heterocycles. The van der Waals surface area contributed by atoms with Crippen molar-refractivity contribution in [1.82, 2.24) is 0 Å². The van der Waals surface area contributed by atoms with Gasteiger partial charge in [0, 0.05) is 16.8 Å². The Morgan fingerprint density at radius 2 is 1.54 bits per heavy atom. The highest BCUT2D eigenvalue weighted by molar-refractivity contribution is 6.25. The summed E-state index contributed by atoms with van der Waals surface area (Å²) in [6.07, 6.45) is 1.12. The first-order chi connectivity index (χ1) is 11.6. The van der Waals surface area contributed by atoms with Crippen LogP contribution in [0.2, 0.25) is 0 Å². The van der Waals surface area contributed by atoms with E-state index < -0.39 is 11.9 Å². The fourth-order valence-electron chi connectivity index (χ4n) is 3.16. The first-order valence-electron chi connectivity index (χ1n) is 7.37. The van der Waals surface area contributed by atoms with E-state index in [-0.39, 0.29) is 5.56 Å². The van der Waals surface area contributed by atoms with Gasteiger partial charge in [-0.2, -0.15) is 0 Å². The summed E-state index contributed by atoms with van der Waals surface area (Å²) in [5, 5.41) is 14.7. The van der Waals surface area contributed by atoms with E-state index in [0.29, 0.717) is 5.75 Å². The molecule has 0 aliphatic rings. The number of carbonyl (C=O) groups is 2. The first-order valence-corrected chi connectivity index (χ1v) is 7.37. The van der Waals surface area contributed by atoms with Crippen LogP contribution in [0, 0.1) is 0 Å². The Labute approximate surface area is 136 Å². The molecule has 116 valence electrons. The summed E-state index contributed by atoms with van der Waals surface area (Å²) in [5.41, 5.74) is 0.249. The summed E-state index contributed by atoms with van der Waals surface area (Å²) in [7, 11) is 0. The highest BCUT2D eigenvalue weighted by Gasteiger charge is 2.15. The molecule has 0 radical (unpaired) electrons. The van der Waals surface area contributed by atoms with Crippen molar-refractivity contribution in [2.75, 3.05) is 0 Å². The molecule has 24 heavy (non-hydrogen) atoms. The molecule has 0 fully saturated rings. The molecule has 0 bridgehead atoms. The van der Waals surface area contributed by atoms with Gasteiger partial charge >= 0.3 is 11.9 Å². The summed E-state index contributed by atoms with van der Waals surface area (Å²) in [4.78, 5) is 22.9. The molecule has 0 atom stereocenters. The van der Waals surface area contributed by atoms with Crippen molar-refractivity contribution < 1.29 is 19.4 Å². The third kappa shape index (κ3) is 2.01. The van der Waals surface area contributed by atoms with Gasteiger partial charge in [-0.1, -0.05) is 30.8 Å². The van der Waals surface area contributed by atoms with Crippen molar-refractivity contribution in [2.45, 2.75) is 0 Å². The fraction of sp³-hybridized carbons (Fsp3) is 0. The number of benzene rings is 4. The van der Waals surface area contributed by atoms with Crippen molar-refractivity contribution in [2.24, 2.45) is 0 Å². The molecule has 0 aliphatic carbocycles. The summed E-state index contributed by atoms with van der Waals surface area (Å²) < 4.78 is 5.33. The van der Waals surface area contributed by atoms with E-state index in [4.69, 9.17) is 4.74 Å². The van der Waals surface area contributed by atoms with Crippen molar-refractivity contribution >= 4 is 44.3 Å². The normalized spacial score (nSPS) is 11.2. The maximum absolute atomic E-state index is 11.6. The molecule has 0 saturated carbocycles. The molecule has 4 rings (SSSR count). The Bertz CT molecular complexity index is 1120. The van der Waals surface area contributed by atoms with Gasteiger partial charge in [0.05, 0.1) is 5.56 Å². The average Bonchev–Trinajstić information content (AvgIpc) is 2.60. The second-order valence-corrected chi connectivity index (χ2v) is 5.57. The van der Waals surface area contributed by atoms with Crippen LogP contribution in [0.25, 0.3) is 32.3 Å². The van der Waals surface area contributed by atoms with E-state index in [1.807, 2.05) is 30.3 Å². The van der Waals surface area contributed by atoms with Gasteiger partial charge in [-0.05, 0) is 45.8 Å². The van der Waals surface area contributed by atoms with Crippen molar-refractivity contribution in [3.05, 3.63) is 66.7 Å². The number of rotatable bonds is 3. The van der Waals surface area contributed by atoms with Crippen LogP contribution in [-0.4, -0.2) is 17.0 Å². The van der Waals surface area contributed by atoms with Crippen LogP contribution in [0.4, 0.5) is 0 Å². The number of carboxylic acids is 1.